The van der Waals surface area contributed by atoms with Crippen LogP contribution in [0.15, 0.2) is 146 Å². The molecule has 196 valence electrons. The quantitative estimate of drug-likeness (QED) is 0.168. The highest BCUT2D eigenvalue weighted by molar-refractivity contribution is 7.74. The lowest BCUT2D eigenvalue weighted by Gasteiger charge is -2.35. The molecule has 0 amide bonds. The van der Waals surface area contributed by atoms with Crippen LogP contribution in [-0.4, -0.2) is 12.6 Å². The molecule has 0 aliphatic heterocycles. The Morgan fingerprint density at radius 1 is 0.436 bits per heavy atom. The summed E-state index contributed by atoms with van der Waals surface area (Å²) >= 11 is 0. The summed E-state index contributed by atoms with van der Waals surface area (Å²) in [4.78, 5) is 1.99. The molecule has 0 saturated carbocycles. The summed E-state index contributed by atoms with van der Waals surface area (Å²) in [5.74, 6) is 0. The van der Waals surface area contributed by atoms with Crippen molar-refractivity contribution in [1.29, 1.82) is 0 Å². The lowest BCUT2D eigenvalue weighted by molar-refractivity contribution is -0.137. The molecule has 0 aliphatic carbocycles. The standard InChI is InChI=1S/C33H28F3NP2/c34-33(35,36)31-23-13-14-24-32(31)37(25-38(27-15-5-1-6-16-27)28-17-7-2-8-18-28)26-39(29-19-9-3-10-20-29)30-21-11-4-12-22-30/h1-24H,25-26H2. The molecule has 0 saturated heterocycles. The maximum absolute atomic E-state index is 14.4. The zero-order valence-electron chi connectivity index (χ0n) is 21.2. The van der Waals surface area contributed by atoms with Gasteiger partial charge in [-0.15, -0.1) is 0 Å². The van der Waals surface area contributed by atoms with E-state index in [1.54, 1.807) is 12.1 Å². The summed E-state index contributed by atoms with van der Waals surface area (Å²) in [5.41, 5.74) is -0.374. The number of benzene rings is 5. The van der Waals surface area contributed by atoms with Gasteiger partial charge in [0.1, 0.15) is 0 Å². The molecule has 0 unspecified atom stereocenters. The Bertz CT molecular complexity index is 1280. The van der Waals surface area contributed by atoms with Crippen molar-refractivity contribution in [2.45, 2.75) is 6.18 Å². The number of nitrogens with zero attached hydrogens (tertiary/aromatic N) is 1. The molecular formula is C33H28F3NP2. The van der Waals surface area contributed by atoms with Crippen LogP contribution >= 0.6 is 15.8 Å². The van der Waals surface area contributed by atoms with Gasteiger partial charge < -0.3 is 4.90 Å². The average molecular weight is 558 g/mol. The lowest BCUT2D eigenvalue weighted by Crippen LogP contribution is -2.33. The number of halogens is 3. The van der Waals surface area contributed by atoms with Crippen LogP contribution in [0.2, 0.25) is 0 Å². The highest BCUT2D eigenvalue weighted by Gasteiger charge is 2.36. The summed E-state index contributed by atoms with van der Waals surface area (Å²) in [7, 11) is -1.92. The molecule has 1 nitrogen and oxygen atoms in total. The molecule has 5 aromatic rings. The van der Waals surface area contributed by atoms with Gasteiger partial charge in [-0.2, -0.15) is 13.2 Å². The molecule has 0 N–H and O–H groups in total. The third-order valence-electron chi connectivity index (χ3n) is 6.45. The number of rotatable bonds is 9. The van der Waals surface area contributed by atoms with Crippen LogP contribution in [0.5, 0.6) is 0 Å². The van der Waals surface area contributed by atoms with E-state index in [0.717, 1.165) is 21.2 Å². The second-order valence-electron chi connectivity index (χ2n) is 9.04. The smallest absolute Gasteiger partial charge is 0.362 e. The molecule has 6 heteroatoms. The van der Waals surface area contributed by atoms with Gasteiger partial charge in [-0.05, 0) is 49.2 Å². The van der Waals surface area contributed by atoms with Gasteiger partial charge in [-0.25, -0.2) is 0 Å². The molecule has 0 atom stereocenters. The van der Waals surface area contributed by atoms with E-state index in [9.17, 15) is 13.2 Å². The topological polar surface area (TPSA) is 3.24 Å². The largest absolute Gasteiger partial charge is 0.418 e. The molecular weight excluding hydrogens is 529 g/mol. The van der Waals surface area contributed by atoms with Gasteiger partial charge in [0.15, 0.2) is 0 Å². The Morgan fingerprint density at radius 3 is 1.08 bits per heavy atom. The van der Waals surface area contributed by atoms with Crippen LogP contribution in [0.1, 0.15) is 5.56 Å². The minimum Gasteiger partial charge on any atom is -0.362 e. The van der Waals surface area contributed by atoms with Crippen molar-refractivity contribution in [3.8, 4) is 0 Å². The Labute approximate surface area is 230 Å². The van der Waals surface area contributed by atoms with E-state index in [-0.39, 0.29) is 5.69 Å². The van der Waals surface area contributed by atoms with Crippen LogP contribution < -0.4 is 26.1 Å². The molecule has 0 radical (unpaired) electrons. The molecule has 0 fully saturated rings. The minimum absolute atomic E-state index is 0.226. The van der Waals surface area contributed by atoms with Crippen molar-refractivity contribution >= 4 is 42.7 Å². The Hall–Kier alpha value is -3.45. The molecule has 5 aromatic carbocycles. The molecule has 0 heterocycles. The fraction of sp³-hybridized carbons (Fsp3) is 0.0909. The summed E-state index contributed by atoms with van der Waals surface area (Å²) in [5, 5.41) is 4.54. The number of anilines is 1. The third-order valence-corrected chi connectivity index (χ3v) is 11.4. The van der Waals surface area contributed by atoms with Crippen molar-refractivity contribution in [1.82, 2.24) is 0 Å². The summed E-state index contributed by atoms with van der Waals surface area (Å²) in [6.45, 7) is 0. The highest BCUT2D eigenvalue weighted by Crippen LogP contribution is 2.44. The molecule has 0 aliphatic rings. The van der Waals surface area contributed by atoms with Crippen molar-refractivity contribution < 1.29 is 13.2 Å². The van der Waals surface area contributed by atoms with Crippen LogP contribution in [0.25, 0.3) is 0 Å². The molecule has 0 bridgehead atoms. The number of para-hydroxylation sites is 1. The normalized spacial score (nSPS) is 11.6. The van der Waals surface area contributed by atoms with E-state index in [1.807, 2.05) is 77.7 Å². The van der Waals surface area contributed by atoms with E-state index >= 15 is 0 Å². The predicted molar refractivity (Wildman–Crippen MR) is 162 cm³/mol. The van der Waals surface area contributed by atoms with Gasteiger partial charge in [0.05, 0.1) is 5.56 Å². The molecule has 0 aromatic heterocycles. The SMILES string of the molecule is FC(F)(F)c1ccccc1N(CP(c1ccccc1)c1ccccc1)CP(c1ccccc1)c1ccccc1. The van der Waals surface area contributed by atoms with Crippen LogP contribution in [0.4, 0.5) is 18.9 Å². The van der Waals surface area contributed by atoms with Gasteiger partial charge in [0.2, 0.25) is 0 Å². The maximum atomic E-state index is 14.4. The third kappa shape index (κ3) is 6.77. The summed E-state index contributed by atoms with van der Waals surface area (Å²) < 4.78 is 43.1. The monoisotopic (exact) mass is 557 g/mol. The first kappa shape index (κ1) is 27.1. The first-order valence-corrected chi connectivity index (χ1v) is 15.7. The Kier molecular flexibility index (Phi) is 8.77. The minimum atomic E-state index is -4.46. The summed E-state index contributed by atoms with van der Waals surface area (Å²) in [6.07, 6.45) is -3.52. The van der Waals surface area contributed by atoms with Crippen molar-refractivity contribution in [2.24, 2.45) is 0 Å². The van der Waals surface area contributed by atoms with E-state index in [0.29, 0.717) is 12.6 Å². The first-order chi connectivity index (χ1) is 19.0. The molecule has 0 spiro atoms. The second kappa shape index (κ2) is 12.6. The predicted octanol–water partition coefficient (Wildman–Crippen LogP) is 7.69. The second-order valence-corrected chi connectivity index (χ2v) is 13.4. The lowest BCUT2D eigenvalue weighted by atomic mass is 10.1. The van der Waals surface area contributed by atoms with E-state index in [1.165, 1.54) is 12.1 Å². The van der Waals surface area contributed by atoms with Gasteiger partial charge in [0, 0.05) is 18.3 Å². The zero-order chi connectivity index (χ0) is 27.1. The van der Waals surface area contributed by atoms with Gasteiger partial charge in [0.25, 0.3) is 0 Å². The number of hydrogen-bond acceptors (Lipinski definition) is 1. The zero-order valence-corrected chi connectivity index (χ0v) is 23.0. The van der Waals surface area contributed by atoms with Crippen molar-refractivity contribution in [3.63, 3.8) is 0 Å². The first-order valence-electron chi connectivity index (χ1n) is 12.7. The maximum Gasteiger partial charge on any atom is 0.418 e. The van der Waals surface area contributed by atoms with Crippen LogP contribution in [0, 0.1) is 0 Å². The average Bonchev–Trinajstić information content (AvgIpc) is 2.99. The van der Waals surface area contributed by atoms with Gasteiger partial charge in [-0.3, -0.25) is 0 Å². The Balaban J connectivity index is 1.64. The van der Waals surface area contributed by atoms with E-state index < -0.39 is 27.6 Å². The number of hydrogen-bond donors (Lipinski definition) is 0. The fourth-order valence-corrected chi connectivity index (χ4v) is 9.31. The fourth-order valence-electron chi connectivity index (χ4n) is 4.58. The number of alkyl halides is 3. The van der Waals surface area contributed by atoms with Crippen molar-refractivity contribution in [3.05, 3.63) is 151 Å². The van der Waals surface area contributed by atoms with Gasteiger partial charge in [-0.1, -0.05) is 133 Å². The molecule has 39 heavy (non-hydrogen) atoms. The highest BCUT2D eigenvalue weighted by atomic mass is 31.1. The van der Waals surface area contributed by atoms with Crippen LogP contribution in [0.3, 0.4) is 0 Å². The Morgan fingerprint density at radius 2 is 0.744 bits per heavy atom. The van der Waals surface area contributed by atoms with E-state index in [4.69, 9.17) is 0 Å². The summed E-state index contributed by atoms with van der Waals surface area (Å²) in [6, 6.07) is 46.6. The molecule has 5 rings (SSSR count). The van der Waals surface area contributed by atoms with Gasteiger partial charge >= 0.3 is 6.18 Å². The van der Waals surface area contributed by atoms with Crippen molar-refractivity contribution in [2.75, 3.05) is 17.5 Å². The van der Waals surface area contributed by atoms with E-state index in [2.05, 4.69) is 48.5 Å². The van der Waals surface area contributed by atoms with Crippen LogP contribution in [-0.2, 0) is 6.18 Å².